The smallest absolute Gasteiger partial charge is 0.256 e. The van der Waals surface area contributed by atoms with Crippen LogP contribution in [0.15, 0.2) is 67.4 Å². The maximum absolute atomic E-state index is 13.1. The molecule has 0 saturated heterocycles. The van der Waals surface area contributed by atoms with E-state index < -0.39 is 0 Å². The van der Waals surface area contributed by atoms with Gasteiger partial charge in [0, 0.05) is 25.1 Å². The van der Waals surface area contributed by atoms with Crippen molar-refractivity contribution in [1.82, 2.24) is 19.4 Å². The molecule has 0 unspecified atom stereocenters. The third kappa shape index (κ3) is 3.44. The number of amides is 1. The van der Waals surface area contributed by atoms with Crippen molar-refractivity contribution in [2.75, 3.05) is 6.61 Å². The molecule has 2 aromatic heterocycles. The van der Waals surface area contributed by atoms with E-state index >= 15 is 0 Å². The fourth-order valence-corrected chi connectivity index (χ4v) is 3.20. The molecule has 26 heavy (non-hydrogen) atoms. The van der Waals surface area contributed by atoms with Gasteiger partial charge < -0.3 is 14.2 Å². The van der Waals surface area contributed by atoms with Gasteiger partial charge in [-0.05, 0) is 30.7 Å². The fourth-order valence-electron chi connectivity index (χ4n) is 3.20. The van der Waals surface area contributed by atoms with E-state index in [2.05, 4.69) is 14.5 Å². The summed E-state index contributed by atoms with van der Waals surface area (Å²) < 4.78 is 8.06. The van der Waals surface area contributed by atoms with Gasteiger partial charge >= 0.3 is 0 Å². The Balaban J connectivity index is 1.57. The number of benzene rings is 1. The van der Waals surface area contributed by atoms with Gasteiger partial charge in [-0.2, -0.15) is 0 Å². The molecule has 4 rings (SSSR count). The van der Waals surface area contributed by atoms with Crippen LogP contribution in [0.3, 0.4) is 0 Å². The van der Waals surface area contributed by atoms with Crippen molar-refractivity contribution in [3.8, 4) is 5.75 Å². The summed E-state index contributed by atoms with van der Waals surface area (Å²) in [6.07, 6.45) is 7.73. The summed E-state index contributed by atoms with van der Waals surface area (Å²) in [6.45, 7) is 1.78. The van der Waals surface area contributed by atoms with Gasteiger partial charge in [0.25, 0.3) is 5.91 Å². The van der Waals surface area contributed by atoms with Crippen molar-refractivity contribution in [2.45, 2.75) is 25.6 Å². The predicted molar refractivity (Wildman–Crippen MR) is 96.7 cm³/mol. The van der Waals surface area contributed by atoms with Crippen molar-refractivity contribution in [3.63, 3.8) is 0 Å². The van der Waals surface area contributed by atoms with Gasteiger partial charge in [-0.1, -0.05) is 18.2 Å². The summed E-state index contributed by atoms with van der Waals surface area (Å²) in [5.74, 6) is 0.779. The first kappa shape index (κ1) is 16.3. The van der Waals surface area contributed by atoms with Crippen LogP contribution in [0, 0.1) is 0 Å². The second-order valence-electron chi connectivity index (χ2n) is 6.32. The Hall–Kier alpha value is -3.15. The summed E-state index contributed by atoms with van der Waals surface area (Å²) in [5, 5.41) is 0. The molecule has 6 nitrogen and oxygen atoms in total. The van der Waals surface area contributed by atoms with E-state index in [4.69, 9.17) is 4.74 Å². The molecule has 1 aliphatic rings. The monoisotopic (exact) mass is 348 g/mol. The van der Waals surface area contributed by atoms with Gasteiger partial charge in [-0.15, -0.1) is 0 Å². The van der Waals surface area contributed by atoms with Gasteiger partial charge in [0.05, 0.1) is 30.2 Å². The van der Waals surface area contributed by atoms with Crippen molar-refractivity contribution in [2.24, 2.45) is 0 Å². The van der Waals surface area contributed by atoms with Crippen molar-refractivity contribution >= 4 is 5.91 Å². The summed E-state index contributed by atoms with van der Waals surface area (Å²) in [5.41, 5.74) is 1.62. The quantitative estimate of drug-likeness (QED) is 0.727. The molecule has 1 amide bonds. The third-order valence-electron chi connectivity index (χ3n) is 4.63. The average Bonchev–Trinajstić information content (AvgIpc) is 3.07. The summed E-state index contributed by atoms with van der Waals surface area (Å²) in [7, 11) is 0. The highest BCUT2D eigenvalue weighted by atomic mass is 16.5. The van der Waals surface area contributed by atoms with Crippen LogP contribution in [0.5, 0.6) is 5.75 Å². The van der Waals surface area contributed by atoms with Gasteiger partial charge in [0.2, 0.25) is 0 Å². The molecule has 0 spiro atoms. The maximum atomic E-state index is 13.1. The zero-order chi connectivity index (χ0) is 17.8. The lowest BCUT2D eigenvalue weighted by molar-refractivity contribution is 0.0588. The Bertz CT molecular complexity index is 864. The average molecular weight is 348 g/mol. The second kappa shape index (κ2) is 7.39. The van der Waals surface area contributed by atoms with E-state index in [1.807, 2.05) is 47.8 Å². The Morgan fingerprint density at radius 1 is 1.12 bits per heavy atom. The molecule has 1 aliphatic heterocycles. The standard InChI is InChI=1S/C20H20N4O2/c25-20(16-5-4-9-21-11-16)24-13-18-12-22-15-23(18)10-8-17(24)14-26-19-6-2-1-3-7-19/h1-7,9,11-12,15,17H,8,10,13-14H2/t17-/m0/s1. The molecule has 3 aromatic rings. The second-order valence-corrected chi connectivity index (χ2v) is 6.32. The van der Waals surface area contributed by atoms with Gasteiger partial charge in [0.15, 0.2) is 0 Å². The Labute approximate surface area is 152 Å². The number of carbonyl (C=O) groups is 1. The summed E-state index contributed by atoms with van der Waals surface area (Å²) in [6, 6.07) is 13.3. The highest BCUT2D eigenvalue weighted by molar-refractivity contribution is 5.94. The van der Waals surface area contributed by atoms with E-state index in [0.717, 1.165) is 24.4 Å². The van der Waals surface area contributed by atoms with Crippen LogP contribution >= 0.6 is 0 Å². The van der Waals surface area contributed by atoms with Crippen LogP contribution in [-0.4, -0.2) is 38.0 Å². The van der Waals surface area contributed by atoms with Crippen LogP contribution in [-0.2, 0) is 13.1 Å². The number of fused-ring (bicyclic) bond motifs is 1. The zero-order valence-corrected chi connectivity index (χ0v) is 14.4. The Kier molecular flexibility index (Phi) is 4.64. The first-order valence-electron chi connectivity index (χ1n) is 8.69. The topological polar surface area (TPSA) is 60.2 Å². The van der Waals surface area contributed by atoms with Crippen molar-refractivity contribution in [1.29, 1.82) is 0 Å². The number of ether oxygens (including phenoxy) is 1. The van der Waals surface area contributed by atoms with Crippen LogP contribution < -0.4 is 4.74 Å². The first-order chi connectivity index (χ1) is 12.8. The number of rotatable bonds is 4. The minimum atomic E-state index is -0.0330. The molecule has 0 bridgehead atoms. The highest BCUT2D eigenvalue weighted by Gasteiger charge is 2.29. The fraction of sp³-hybridized carbons (Fsp3) is 0.250. The molecule has 0 radical (unpaired) electrons. The Morgan fingerprint density at radius 3 is 2.81 bits per heavy atom. The molecule has 132 valence electrons. The minimum absolute atomic E-state index is 0.0252. The number of aromatic nitrogens is 3. The molecule has 6 heteroatoms. The zero-order valence-electron chi connectivity index (χ0n) is 14.4. The first-order valence-corrected chi connectivity index (χ1v) is 8.69. The van der Waals surface area contributed by atoms with E-state index in [0.29, 0.717) is 18.7 Å². The molecule has 1 atom stereocenters. The molecular formula is C20H20N4O2. The number of hydrogen-bond donors (Lipinski definition) is 0. The molecular weight excluding hydrogens is 328 g/mol. The summed E-state index contributed by atoms with van der Waals surface area (Å²) >= 11 is 0. The molecule has 0 saturated carbocycles. The molecule has 1 aromatic carbocycles. The van der Waals surface area contributed by atoms with E-state index in [1.165, 1.54) is 0 Å². The number of carbonyl (C=O) groups excluding carboxylic acids is 1. The lowest BCUT2D eigenvalue weighted by Gasteiger charge is -2.29. The Morgan fingerprint density at radius 2 is 2.00 bits per heavy atom. The lowest BCUT2D eigenvalue weighted by atomic mass is 10.1. The normalized spacial score (nSPS) is 16.6. The van der Waals surface area contributed by atoms with Gasteiger partial charge in [-0.25, -0.2) is 4.98 Å². The van der Waals surface area contributed by atoms with E-state index in [-0.39, 0.29) is 11.9 Å². The van der Waals surface area contributed by atoms with Gasteiger partial charge in [0.1, 0.15) is 12.4 Å². The number of pyridine rings is 1. The molecule has 3 heterocycles. The highest BCUT2D eigenvalue weighted by Crippen LogP contribution is 2.21. The number of aryl methyl sites for hydroxylation is 1. The predicted octanol–water partition coefficient (Wildman–Crippen LogP) is 2.77. The van der Waals surface area contributed by atoms with E-state index in [1.54, 1.807) is 24.5 Å². The third-order valence-corrected chi connectivity index (χ3v) is 4.63. The van der Waals surface area contributed by atoms with Crippen LogP contribution in [0.1, 0.15) is 22.5 Å². The molecule has 0 aliphatic carbocycles. The van der Waals surface area contributed by atoms with Gasteiger partial charge in [-0.3, -0.25) is 9.78 Å². The maximum Gasteiger partial charge on any atom is 0.256 e. The molecule has 0 N–H and O–H groups in total. The largest absolute Gasteiger partial charge is 0.491 e. The SMILES string of the molecule is O=C(c1cccnc1)N1Cc2cncn2CC[C@H]1COc1ccccc1. The number of imidazole rings is 1. The summed E-state index contributed by atoms with van der Waals surface area (Å²) in [4.78, 5) is 23.3. The van der Waals surface area contributed by atoms with Crippen LogP contribution in [0.25, 0.3) is 0 Å². The van der Waals surface area contributed by atoms with Crippen LogP contribution in [0.4, 0.5) is 0 Å². The minimum Gasteiger partial charge on any atom is -0.491 e. The van der Waals surface area contributed by atoms with Crippen molar-refractivity contribution in [3.05, 3.63) is 78.6 Å². The number of nitrogens with zero attached hydrogens (tertiary/aromatic N) is 4. The lowest BCUT2D eigenvalue weighted by Crippen LogP contribution is -2.42. The van der Waals surface area contributed by atoms with Crippen molar-refractivity contribution < 1.29 is 9.53 Å². The molecule has 0 fully saturated rings. The van der Waals surface area contributed by atoms with Crippen LogP contribution in [0.2, 0.25) is 0 Å². The number of para-hydroxylation sites is 1. The number of hydrogen-bond acceptors (Lipinski definition) is 4. The van der Waals surface area contributed by atoms with E-state index in [9.17, 15) is 4.79 Å².